The molecule has 0 spiro atoms. The first-order chi connectivity index (χ1) is 14.6. The number of aliphatic imine (C=N–C) groups is 1. The van der Waals surface area contributed by atoms with Crippen LogP contribution in [-0.2, 0) is 17.8 Å². The fourth-order valence-corrected chi connectivity index (χ4v) is 4.94. The van der Waals surface area contributed by atoms with Crippen LogP contribution in [0.1, 0.15) is 30.9 Å². The van der Waals surface area contributed by atoms with E-state index in [-0.39, 0.29) is 23.8 Å². The lowest BCUT2D eigenvalue weighted by Crippen LogP contribution is -2.53. The van der Waals surface area contributed by atoms with Gasteiger partial charge in [-0.15, -0.1) is 0 Å². The number of nitrogens with one attached hydrogen (secondary N) is 1. The molecule has 0 amide bonds. The van der Waals surface area contributed by atoms with Crippen LogP contribution in [0.15, 0.2) is 34.5 Å². The molecular formula is C22H27N5O3. The first-order valence-electron chi connectivity index (χ1n) is 10.4. The van der Waals surface area contributed by atoms with E-state index < -0.39 is 0 Å². The van der Waals surface area contributed by atoms with Crippen LogP contribution in [0.4, 0.5) is 0 Å². The van der Waals surface area contributed by atoms with E-state index >= 15 is 0 Å². The summed E-state index contributed by atoms with van der Waals surface area (Å²) in [6.45, 7) is 4.16. The van der Waals surface area contributed by atoms with Gasteiger partial charge in [-0.3, -0.25) is 9.98 Å². The van der Waals surface area contributed by atoms with Crippen molar-refractivity contribution < 1.29 is 14.6 Å². The Labute approximate surface area is 175 Å². The van der Waals surface area contributed by atoms with Crippen molar-refractivity contribution in [3.63, 3.8) is 0 Å². The van der Waals surface area contributed by atoms with E-state index in [4.69, 9.17) is 20.3 Å². The Morgan fingerprint density at radius 3 is 3.10 bits per heavy atom. The lowest BCUT2D eigenvalue weighted by atomic mass is 9.68. The summed E-state index contributed by atoms with van der Waals surface area (Å²) in [4.78, 5) is 9.28. The molecule has 1 aliphatic carbocycles. The average Bonchev–Trinajstić information content (AvgIpc) is 3.30. The number of hydrogen-bond donors (Lipinski definition) is 3. The number of hydrogen-bond acceptors (Lipinski definition) is 8. The first kappa shape index (κ1) is 19.4. The minimum atomic E-state index is -0.347. The molecule has 4 aliphatic rings. The van der Waals surface area contributed by atoms with Gasteiger partial charge in [0, 0.05) is 29.9 Å². The van der Waals surface area contributed by atoms with Crippen molar-refractivity contribution in [3.05, 3.63) is 35.5 Å². The van der Waals surface area contributed by atoms with Gasteiger partial charge in [0.1, 0.15) is 17.6 Å². The van der Waals surface area contributed by atoms with E-state index in [1.807, 2.05) is 31.3 Å². The third kappa shape index (κ3) is 3.25. The zero-order chi connectivity index (χ0) is 20.8. The van der Waals surface area contributed by atoms with E-state index in [9.17, 15) is 5.11 Å². The van der Waals surface area contributed by atoms with Crippen LogP contribution in [0, 0.1) is 0 Å². The number of aromatic nitrogens is 1. The minimum Gasteiger partial charge on any atom is -0.484 e. The topological polar surface area (TPSA) is 114 Å². The number of ether oxygens (including phenoxy) is 2. The van der Waals surface area contributed by atoms with Gasteiger partial charge in [0.15, 0.2) is 0 Å². The summed E-state index contributed by atoms with van der Waals surface area (Å²) in [5, 5.41) is 17.9. The molecule has 2 bridgehead atoms. The Morgan fingerprint density at radius 2 is 2.33 bits per heavy atom. The van der Waals surface area contributed by atoms with Crippen molar-refractivity contribution in [1.29, 1.82) is 0 Å². The Kier molecular flexibility index (Phi) is 4.72. The zero-order valence-corrected chi connectivity index (χ0v) is 17.1. The number of hydrazone groups is 1. The highest BCUT2D eigenvalue weighted by atomic mass is 16.5. The van der Waals surface area contributed by atoms with Crippen LogP contribution >= 0.6 is 0 Å². The second kappa shape index (κ2) is 7.30. The third-order valence-corrected chi connectivity index (χ3v) is 6.57. The van der Waals surface area contributed by atoms with Gasteiger partial charge in [-0.1, -0.05) is 0 Å². The molecule has 8 nitrogen and oxygen atoms in total. The molecule has 1 atom stereocenters. The van der Waals surface area contributed by atoms with Crippen molar-refractivity contribution >= 4 is 22.8 Å². The van der Waals surface area contributed by atoms with Crippen LogP contribution in [0.2, 0.25) is 0 Å². The summed E-state index contributed by atoms with van der Waals surface area (Å²) in [6.07, 6.45) is 5.83. The average molecular weight is 409 g/mol. The quantitative estimate of drug-likeness (QED) is 0.377. The van der Waals surface area contributed by atoms with Gasteiger partial charge in [0.2, 0.25) is 0 Å². The third-order valence-electron chi connectivity index (χ3n) is 6.57. The molecule has 4 heterocycles. The number of rotatable bonds is 6. The van der Waals surface area contributed by atoms with Crippen molar-refractivity contribution in [2.75, 3.05) is 19.8 Å². The van der Waals surface area contributed by atoms with Crippen LogP contribution in [-0.4, -0.2) is 59.0 Å². The molecule has 8 heteroatoms. The minimum absolute atomic E-state index is 0.147. The van der Waals surface area contributed by atoms with E-state index in [1.165, 1.54) is 5.56 Å². The summed E-state index contributed by atoms with van der Waals surface area (Å²) in [5.41, 5.74) is 3.65. The first-order valence-corrected chi connectivity index (χ1v) is 10.4. The van der Waals surface area contributed by atoms with Crippen LogP contribution in [0.25, 0.3) is 10.9 Å². The van der Waals surface area contributed by atoms with Crippen LogP contribution < -0.4 is 15.9 Å². The smallest absolute Gasteiger partial charge is 0.141 e. The maximum absolute atomic E-state index is 9.51. The Balaban J connectivity index is 1.32. The Bertz CT molecular complexity index is 1030. The van der Waals surface area contributed by atoms with Gasteiger partial charge in [0.05, 0.1) is 30.9 Å². The molecule has 0 radical (unpaired) electrons. The number of nitrogens with two attached hydrogens (primary N) is 1. The summed E-state index contributed by atoms with van der Waals surface area (Å²) < 4.78 is 11.7. The Morgan fingerprint density at radius 1 is 1.47 bits per heavy atom. The molecule has 1 aromatic heterocycles. The number of nitrogens with zero attached hydrogens (tertiary/aromatic N) is 3. The molecular weight excluding hydrogens is 382 g/mol. The molecule has 3 fully saturated rings. The highest BCUT2D eigenvalue weighted by molar-refractivity contribution is 6.32. The van der Waals surface area contributed by atoms with Crippen molar-refractivity contribution in [3.8, 4) is 5.75 Å². The standard InChI is InChI=1S/C22H27N5O3/c1-14(20(27-23)8-25-21-10-22(11-21,13-28)26-12-21)30-16-2-3-19-18(6-16)17-4-5-29-9-15(17)7-24-19/h2-3,6-8,14,26,28H,4-5,9-13,23H2,1H3/b25-8?,27-20+. The Hall–Kier alpha value is -2.55. The SMILES string of the molecule is CC(Oc1ccc2ncc3c(c2c1)CCOC3)/C(C=NC12CNC(CO)(C1)C2)=N/N. The highest BCUT2D eigenvalue weighted by Crippen LogP contribution is 2.49. The largest absolute Gasteiger partial charge is 0.484 e. The van der Waals surface area contributed by atoms with Gasteiger partial charge in [0.25, 0.3) is 0 Å². The summed E-state index contributed by atoms with van der Waals surface area (Å²) in [7, 11) is 0. The second-order valence-corrected chi connectivity index (χ2v) is 8.69. The fraction of sp³-hybridized carbons (Fsp3) is 0.500. The van der Waals surface area contributed by atoms with Gasteiger partial charge in [-0.05, 0) is 55.5 Å². The predicted octanol–water partition coefficient (Wildman–Crippen LogP) is 1.33. The van der Waals surface area contributed by atoms with E-state index in [2.05, 4.69) is 15.4 Å². The van der Waals surface area contributed by atoms with Gasteiger partial charge >= 0.3 is 0 Å². The molecule has 2 aromatic rings. The second-order valence-electron chi connectivity index (χ2n) is 8.69. The maximum Gasteiger partial charge on any atom is 0.141 e. The van der Waals surface area contributed by atoms with E-state index in [0.717, 1.165) is 54.6 Å². The van der Waals surface area contributed by atoms with Crippen molar-refractivity contribution in [2.45, 2.75) is 50.0 Å². The molecule has 6 rings (SSSR count). The maximum atomic E-state index is 9.51. The van der Waals surface area contributed by atoms with Crippen LogP contribution in [0.3, 0.4) is 0 Å². The molecule has 3 aliphatic heterocycles. The number of pyridine rings is 1. The van der Waals surface area contributed by atoms with E-state index in [0.29, 0.717) is 12.3 Å². The van der Waals surface area contributed by atoms with Gasteiger partial charge in [-0.25, -0.2) is 0 Å². The van der Waals surface area contributed by atoms with Crippen LogP contribution in [0.5, 0.6) is 5.75 Å². The predicted molar refractivity (Wildman–Crippen MR) is 115 cm³/mol. The van der Waals surface area contributed by atoms with Gasteiger partial charge in [-0.2, -0.15) is 5.10 Å². The molecule has 1 saturated carbocycles. The molecule has 2 saturated heterocycles. The van der Waals surface area contributed by atoms with Gasteiger partial charge < -0.3 is 25.7 Å². The van der Waals surface area contributed by atoms with E-state index in [1.54, 1.807) is 6.21 Å². The normalized spacial score (nSPS) is 29.1. The molecule has 30 heavy (non-hydrogen) atoms. The highest BCUT2D eigenvalue weighted by Gasteiger charge is 2.60. The molecule has 158 valence electrons. The molecule has 1 aromatic carbocycles. The monoisotopic (exact) mass is 409 g/mol. The lowest BCUT2D eigenvalue weighted by Gasteiger charge is -2.42. The number of aliphatic hydroxyl groups excluding tert-OH is 1. The van der Waals surface area contributed by atoms with Crippen molar-refractivity contribution in [1.82, 2.24) is 10.3 Å². The summed E-state index contributed by atoms with van der Waals surface area (Å²) in [6, 6.07) is 5.94. The molecule has 1 unspecified atom stereocenters. The summed E-state index contributed by atoms with van der Waals surface area (Å²) in [5.74, 6) is 6.38. The van der Waals surface area contributed by atoms with Crippen molar-refractivity contribution in [2.24, 2.45) is 15.9 Å². The number of fused-ring (bicyclic) bond motifs is 4. The lowest BCUT2D eigenvalue weighted by molar-refractivity contribution is 0.102. The molecule has 4 N–H and O–H groups in total. The summed E-state index contributed by atoms with van der Waals surface area (Å²) >= 11 is 0. The number of aliphatic hydroxyl groups is 1. The number of benzene rings is 1. The fourth-order valence-electron chi connectivity index (χ4n) is 4.94. The zero-order valence-electron chi connectivity index (χ0n) is 17.1.